The van der Waals surface area contributed by atoms with Gasteiger partial charge in [-0.25, -0.2) is 8.93 Å². The molecule has 1 aliphatic rings. The highest BCUT2D eigenvalue weighted by Gasteiger charge is 2.25. The zero-order chi connectivity index (χ0) is 16.2. The van der Waals surface area contributed by atoms with Crippen molar-refractivity contribution in [3.63, 3.8) is 0 Å². The molecule has 0 fully saturated rings. The van der Waals surface area contributed by atoms with Crippen LogP contribution in [0.2, 0.25) is 0 Å². The Bertz CT molecular complexity index is 724. The van der Waals surface area contributed by atoms with E-state index in [2.05, 4.69) is 35.1 Å². The third-order valence-corrected chi connectivity index (χ3v) is 5.54. The van der Waals surface area contributed by atoms with E-state index in [4.69, 9.17) is 0 Å². The van der Waals surface area contributed by atoms with Crippen LogP contribution in [-0.2, 0) is 23.8 Å². The van der Waals surface area contributed by atoms with Gasteiger partial charge in [0, 0.05) is 0 Å². The molecule has 2 aromatic rings. The van der Waals surface area contributed by atoms with Gasteiger partial charge in [-0.05, 0) is 55.4 Å². The van der Waals surface area contributed by atoms with Gasteiger partial charge in [-0.2, -0.15) is 5.26 Å². The molecule has 1 N–H and O–H groups in total. The van der Waals surface area contributed by atoms with Gasteiger partial charge < -0.3 is 0 Å². The first kappa shape index (κ1) is 15.9. The first-order valence-corrected chi connectivity index (χ1v) is 9.01. The van der Waals surface area contributed by atoms with Crippen LogP contribution in [-0.4, -0.2) is 10.3 Å². The zero-order valence-corrected chi connectivity index (χ0v) is 14.0. The lowest BCUT2D eigenvalue weighted by Gasteiger charge is -2.15. The van der Waals surface area contributed by atoms with Crippen LogP contribution in [0.3, 0.4) is 0 Å². The predicted octanol–water partition coefficient (Wildman–Crippen LogP) is 3.30. The summed E-state index contributed by atoms with van der Waals surface area (Å²) in [7, 11) is -1.34. The van der Waals surface area contributed by atoms with Crippen molar-refractivity contribution in [3.8, 4) is 6.07 Å². The largest absolute Gasteiger partial charge is 0.237 e. The fourth-order valence-corrected chi connectivity index (χ4v) is 4.06. The summed E-state index contributed by atoms with van der Waals surface area (Å²) in [5.74, 6) is 0.444. The third-order valence-electron chi connectivity index (χ3n) is 4.34. The van der Waals surface area contributed by atoms with Gasteiger partial charge in [0.1, 0.15) is 17.0 Å². The summed E-state index contributed by atoms with van der Waals surface area (Å²) in [6, 6.07) is 17.9. The monoisotopic (exact) mass is 324 g/mol. The average molecular weight is 324 g/mol. The predicted molar refractivity (Wildman–Crippen MR) is 92.1 cm³/mol. The highest BCUT2D eigenvalue weighted by Crippen LogP contribution is 2.29. The number of benzene rings is 2. The molecule has 3 nitrogen and oxygen atoms in total. The maximum absolute atomic E-state index is 12.4. The number of rotatable bonds is 5. The highest BCUT2D eigenvalue weighted by molar-refractivity contribution is 7.83. The first-order chi connectivity index (χ1) is 11.2. The Hall–Kier alpha value is -1.96. The summed E-state index contributed by atoms with van der Waals surface area (Å²) in [5.41, 5.74) is 3.90. The molecule has 0 saturated carbocycles. The number of nitriles is 1. The van der Waals surface area contributed by atoms with Crippen molar-refractivity contribution >= 4 is 11.0 Å². The van der Waals surface area contributed by atoms with Crippen molar-refractivity contribution in [1.82, 2.24) is 4.72 Å². The minimum atomic E-state index is -1.34. The van der Waals surface area contributed by atoms with Crippen LogP contribution in [0, 0.1) is 24.2 Å². The van der Waals surface area contributed by atoms with E-state index in [1.54, 1.807) is 0 Å². The van der Waals surface area contributed by atoms with Crippen molar-refractivity contribution in [1.29, 1.82) is 5.26 Å². The number of hydrogen-bond donors (Lipinski definition) is 1. The smallest absolute Gasteiger partial charge is 0.126 e. The first-order valence-electron chi connectivity index (χ1n) is 7.86. The van der Waals surface area contributed by atoms with Gasteiger partial charge in [0.05, 0.1) is 11.0 Å². The molecule has 3 rings (SSSR count). The van der Waals surface area contributed by atoms with E-state index in [0.717, 1.165) is 24.8 Å². The van der Waals surface area contributed by atoms with Crippen LogP contribution in [0.25, 0.3) is 0 Å². The lowest BCUT2D eigenvalue weighted by atomic mass is 9.98. The summed E-state index contributed by atoms with van der Waals surface area (Å²) in [6.07, 6.45) is 2.74. The second kappa shape index (κ2) is 7.08. The SMILES string of the molecule is Cc1ccc(S(=O)N[C@@H](C#N)CC2Cc3ccccc3C2)cc1. The molecule has 1 aliphatic carbocycles. The second-order valence-electron chi connectivity index (χ2n) is 6.16. The summed E-state index contributed by atoms with van der Waals surface area (Å²) >= 11 is 0. The van der Waals surface area contributed by atoms with Crippen LogP contribution in [0.15, 0.2) is 53.4 Å². The fourth-order valence-electron chi connectivity index (χ4n) is 3.14. The molecule has 23 heavy (non-hydrogen) atoms. The molecule has 0 aromatic heterocycles. The van der Waals surface area contributed by atoms with Gasteiger partial charge in [-0.15, -0.1) is 0 Å². The summed E-state index contributed by atoms with van der Waals surface area (Å²) in [5, 5.41) is 9.40. The standard InChI is InChI=1S/C19H20N2OS/c1-14-6-8-19(9-7-14)23(22)21-18(13-20)12-15-10-16-4-2-3-5-17(16)11-15/h2-9,15,18,21H,10-12H2,1H3/t18-,23?/m1/s1. The zero-order valence-electron chi connectivity index (χ0n) is 13.2. The Kier molecular flexibility index (Phi) is 4.90. The number of aryl methyl sites for hydroxylation is 1. The average Bonchev–Trinajstić information content (AvgIpc) is 2.97. The molecule has 0 amide bonds. The molecule has 0 radical (unpaired) electrons. The number of hydrogen-bond acceptors (Lipinski definition) is 2. The van der Waals surface area contributed by atoms with Gasteiger partial charge >= 0.3 is 0 Å². The van der Waals surface area contributed by atoms with Crippen LogP contribution in [0.4, 0.5) is 0 Å². The molecular formula is C19H20N2OS. The van der Waals surface area contributed by atoms with E-state index < -0.39 is 17.0 Å². The number of nitrogens with zero attached hydrogens (tertiary/aromatic N) is 1. The molecule has 0 bridgehead atoms. The number of fused-ring (bicyclic) bond motifs is 1. The molecule has 0 aliphatic heterocycles. The molecule has 2 aromatic carbocycles. The van der Waals surface area contributed by atoms with Crippen LogP contribution < -0.4 is 4.72 Å². The Balaban J connectivity index is 1.60. The van der Waals surface area contributed by atoms with Gasteiger partial charge in [0.15, 0.2) is 0 Å². The Morgan fingerprint density at radius 3 is 2.35 bits per heavy atom. The molecule has 4 heteroatoms. The lowest BCUT2D eigenvalue weighted by molar-refractivity contribution is 0.475. The molecule has 118 valence electrons. The van der Waals surface area contributed by atoms with Gasteiger partial charge in [0.2, 0.25) is 0 Å². The quantitative estimate of drug-likeness (QED) is 0.917. The topological polar surface area (TPSA) is 52.9 Å². The van der Waals surface area contributed by atoms with Gasteiger partial charge in [-0.1, -0.05) is 42.0 Å². The van der Waals surface area contributed by atoms with Crippen LogP contribution in [0.1, 0.15) is 23.1 Å². The Morgan fingerprint density at radius 2 is 1.78 bits per heavy atom. The molecule has 1 unspecified atom stereocenters. The van der Waals surface area contributed by atoms with E-state index in [-0.39, 0.29) is 0 Å². The van der Waals surface area contributed by atoms with Crippen molar-refractivity contribution in [2.75, 3.05) is 0 Å². The van der Waals surface area contributed by atoms with Crippen molar-refractivity contribution in [3.05, 3.63) is 65.2 Å². The summed E-state index contributed by atoms with van der Waals surface area (Å²) in [6.45, 7) is 2.00. The van der Waals surface area contributed by atoms with E-state index in [1.165, 1.54) is 11.1 Å². The maximum atomic E-state index is 12.4. The van der Waals surface area contributed by atoms with Gasteiger partial charge in [-0.3, -0.25) is 0 Å². The number of nitrogens with one attached hydrogen (secondary N) is 1. The molecule has 0 saturated heterocycles. The second-order valence-corrected chi connectivity index (χ2v) is 7.40. The normalized spacial score (nSPS) is 16.5. The van der Waals surface area contributed by atoms with E-state index in [0.29, 0.717) is 10.8 Å². The molecule has 0 spiro atoms. The summed E-state index contributed by atoms with van der Waals surface area (Å²) in [4.78, 5) is 0.713. The fraction of sp³-hybridized carbons (Fsp3) is 0.316. The lowest BCUT2D eigenvalue weighted by Crippen LogP contribution is -2.31. The van der Waals surface area contributed by atoms with E-state index in [9.17, 15) is 9.47 Å². The highest BCUT2D eigenvalue weighted by atomic mass is 32.2. The Morgan fingerprint density at radius 1 is 1.17 bits per heavy atom. The molecule has 0 heterocycles. The van der Waals surface area contributed by atoms with Crippen molar-refractivity contribution in [2.45, 2.75) is 37.1 Å². The van der Waals surface area contributed by atoms with Crippen LogP contribution >= 0.6 is 0 Å². The Labute approximate surface area is 139 Å². The molecular weight excluding hydrogens is 304 g/mol. The van der Waals surface area contributed by atoms with Crippen LogP contribution in [0.5, 0.6) is 0 Å². The van der Waals surface area contributed by atoms with Crippen molar-refractivity contribution in [2.24, 2.45) is 5.92 Å². The summed E-state index contributed by atoms with van der Waals surface area (Å²) < 4.78 is 15.3. The maximum Gasteiger partial charge on any atom is 0.126 e. The van der Waals surface area contributed by atoms with E-state index in [1.807, 2.05) is 31.2 Å². The third kappa shape index (κ3) is 3.87. The minimum Gasteiger partial charge on any atom is -0.237 e. The molecule has 2 atom stereocenters. The van der Waals surface area contributed by atoms with E-state index >= 15 is 0 Å². The minimum absolute atomic E-state index is 0.392. The van der Waals surface area contributed by atoms with Gasteiger partial charge in [0.25, 0.3) is 0 Å². The van der Waals surface area contributed by atoms with Crippen molar-refractivity contribution < 1.29 is 4.21 Å².